The number of furan rings is 1. The van der Waals surface area contributed by atoms with Gasteiger partial charge in [0.2, 0.25) is 0 Å². The second kappa shape index (κ2) is 9.06. The van der Waals surface area contributed by atoms with Gasteiger partial charge >= 0.3 is 7.12 Å². The molecule has 178 valence electrons. The van der Waals surface area contributed by atoms with Gasteiger partial charge in [-0.2, -0.15) is 11.8 Å². The minimum absolute atomic E-state index is 0.0558. The van der Waals surface area contributed by atoms with Crippen molar-refractivity contribution in [3.8, 4) is 0 Å². The molecule has 1 aliphatic heterocycles. The van der Waals surface area contributed by atoms with Crippen molar-refractivity contribution >= 4 is 35.6 Å². The Kier molecular flexibility index (Phi) is 6.45. The summed E-state index contributed by atoms with van der Waals surface area (Å²) in [6.07, 6.45) is 6.02. The molecule has 4 fully saturated rings. The summed E-state index contributed by atoms with van der Waals surface area (Å²) in [6.45, 7) is 7.13. The van der Waals surface area contributed by atoms with Gasteiger partial charge < -0.3 is 18.8 Å². The van der Waals surface area contributed by atoms with Gasteiger partial charge in [-0.15, -0.1) is 0 Å². The number of aliphatic hydroxyl groups is 1. The van der Waals surface area contributed by atoms with Crippen LogP contribution in [0, 0.1) is 17.3 Å². The smallest absolute Gasteiger partial charge is 0.461 e. The molecule has 4 aliphatic rings. The molecular formula is C26H35BO5S. The second-order valence-electron chi connectivity index (χ2n) is 10.9. The van der Waals surface area contributed by atoms with Gasteiger partial charge in [-0.3, -0.25) is 4.79 Å². The number of rotatable bonds is 10. The molecule has 5 atom stereocenters. The number of hydrogen-bond donors (Lipinski definition) is 1. The highest BCUT2D eigenvalue weighted by molar-refractivity contribution is 7.99. The van der Waals surface area contributed by atoms with E-state index in [9.17, 15) is 4.79 Å². The Morgan fingerprint density at radius 3 is 2.88 bits per heavy atom. The fraction of sp³-hybridized carbons (Fsp3) is 0.654. The fourth-order valence-corrected chi connectivity index (χ4v) is 7.37. The number of para-hydroxylation sites is 1. The first kappa shape index (κ1) is 23.5. The molecular weight excluding hydrogens is 435 g/mol. The maximum Gasteiger partial charge on any atom is 0.461 e. The minimum Gasteiger partial charge on any atom is -0.464 e. The van der Waals surface area contributed by atoms with E-state index < -0.39 is 0 Å². The van der Waals surface area contributed by atoms with Crippen LogP contribution in [-0.4, -0.2) is 47.8 Å². The molecule has 5 nitrogen and oxygen atoms in total. The fourth-order valence-electron chi connectivity index (χ4n) is 6.54. The van der Waals surface area contributed by atoms with Crippen LogP contribution in [0.2, 0.25) is 5.82 Å². The topological polar surface area (TPSA) is 68.9 Å². The normalized spacial score (nSPS) is 30.8. The Bertz CT molecular complexity index is 1010. The van der Waals surface area contributed by atoms with E-state index in [-0.39, 0.29) is 37.0 Å². The molecule has 3 aliphatic carbocycles. The van der Waals surface area contributed by atoms with Crippen molar-refractivity contribution in [2.45, 2.75) is 70.4 Å². The number of Topliss-reactive ketones (excluding diaryl/α,β-unsaturated/α-hetero) is 1. The number of benzene rings is 1. The minimum atomic E-state index is -0.379. The van der Waals surface area contributed by atoms with E-state index in [0.717, 1.165) is 35.1 Å². The monoisotopic (exact) mass is 470 g/mol. The molecule has 1 saturated heterocycles. The molecule has 1 aromatic carbocycles. The summed E-state index contributed by atoms with van der Waals surface area (Å²) < 4.78 is 19.1. The van der Waals surface area contributed by atoms with Crippen LogP contribution in [0.15, 0.2) is 34.9 Å². The van der Waals surface area contributed by atoms with Crippen LogP contribution >= 0.6 is 11.8 Å². The predicted octanol–water partition coefficient (Wildman–Crippen LogP) is 5.15. The number of ketones is 1. The van der Waals surface area contributed by atoms with Gasteiger partial charge in [0.05, 0.1) is 23.7 Å². The summed E-state index contributed by atoms with van der Waals surface area (Å²) in [5.41, 5.74) is 1.99. The number of fused-ring (bicyclic) bond motifs is 1. The number of hydrogen-bond acceptors (Lipinski definition) is 6. The summed E-state index contributed by atoms with van der Waals surface area (Å²) in [6, 6.07) is 8.05. The largest absolute Gasteiger partial charge is 0.464 e. The van der Waals surface area contributed by atoms with Crippen LogP contribution in [0.4, 0.5) is 0 Å². The maximum atomic E-state index is 12.9. The molecule has 2 heterocycles. The first-order chi connectivity index (χ1) is 15.8. The van der Waals surface area contributed by atoms with E-state index in [1.165, 1.54) is 6.42 Å². The van der Waals surface area contributed by atoms with Crippen molar-refractivity contribution in [2.75, 3.05) is 18.1 Å². The number of thioether (sulfide) groups is 1. The van der Waals surface area contributed by atoms with Crippen LogP contribution in [-0.2, 0) is 20.5 Å². The highest BCUT2D eigenvalue weighted by Gasteiger charge is 2.68. The van der Waals surface area contributed by atoms with Crippen molar-refractivity contribution in [3.63, 3.8) is 0 Å². The molecule has 2 bridgehead atoms. The predicted molar refractivity (Wildman–Crippen MR) is 132 cm³/mol. The lowest BCUT2D eigenvalue weighted by atomic mass is 9.43. The molecule has 6 rings (SSSR count). The lowest BCUT2D eigenvalue weighted by Gasteiger charge is -2.64. The molecule has 0 radical (unpaired) electrons. The molecule has 0 unspecified atom stereocenters. The lowest BCUT2D eigenvalue weighted by molar-refractivity contribution is -0.199. The zero-order valence-electron chi connectivity index (χ0n) is 19.9. The third-order valence-electron chi connectivity index (χ3n) is 8.60. The summed E-state index contributed by atoms with van der Waals surface area (Å²) >= 11 is 1.60. The van der Waals surface area contributed by atoms with Crippen LogP contribution in [0.3, 0.4) is 0 Å². The van der Waals surface area contributed by atoms with Gasteiger partial charge in [0, 0.05) is 24.2 Å². The molecule has 1 aromatic heterocycles. The number of aliphatic hydroxyl groups excluding tert-OH is 1. The SMILES string of the molecule is CC1(C)[C@@H]2C[C@H]3OB([C@@H](CC(=O)CSCCCO)Cc4coc5ccccc45)O[C@@]3(C)[C@H]1C2. The van der Waals surface area contributed by atoms with Gasteiger partial charge in [0.25, 0.3) is 0 Å². The van der Waals surface area contributed by atoms with Gasteiger partial charge in [-0.1, -0.05) is 32.0 Å². The Morgan fingerprint density at radius 2 is 2.09 bits per heavy atom. The molecule has 33 heavy (non-hydrogen) atoms. The van der Waals surface area contributed by atoms with Crippen LogP contribution in [0.25, 0.3) is 11.0 Å². The van der Waals surface area contributed by atoms with Crippen molar-refractivity contribution in [3.05, 3.63) is 36.1 Å². The van der Waals surface area contributed by atoms with Gasteiger partial charge in [-0.05, 0) is 67.2 Å². The van der Waals surface area contributed by atoms with Crippen molar-refractivity contribution < 1.29 is 23.6 Å². The van der Waals surface area contributed by atoms with Gasteiger partial charge in [0.1, 0.15) is 11.4 Å². The second-order valence-corrected chi connectivity index (χ2v) is 12.0. The van der Waals surface area contributed by atoms with E-state index in [1.807, 2.05) is 24.5 Å². The Morgan fingerprint density at radius 1 is 1.27 bits per heavy atom. The summed E-state index contributed by atoms with van der Waals surface area (Å²) in [4.78, 5) is 12.9. The van der Waals surface area contributed by atoms with E-state index in [4.69, 9.17) is 18.8 Å². The molecule has 2 aromatic rings. The van der Waals surface area contributed by atoms with E-state index in [1.54, 1.807) is 11.8 Å². The lowest BCUT2D eigenvalue weighted by Crippen LogP contribution is -2.65. The number of carbonyl (C=O) groups is 1. The Hall–Kier alpha value is -1.28. The van der Waals surface area contributed by atoms with Crippen molar-refractivity contribution in [1.82, 2.24) is 0 Å². The van der Waals surface area contributed by atoms with Crippen LogP contribution in [0.5, 0.6) is 0 Å². The van der Waals surface area contributed by atoms with E-state index in [0.29, 0.717) is 35.8 Å². The standard InChI is InChI=1S/C26H35BO5S/c1-25(2)18-12-23(25)26(3)24(13-18)31-27(32-26)19(14-20(29)16-33-10-6-9-28)11-17-15-30-22-8-5-4-7-21(17)22/h4-5,7-8,15,18-19,23-24,28H,6,9-14,16H2,1-3H3/t18-,19+,23-,24+,26-/m0/s1. The van der Waals surface area contributed by atoms with E-state index >= 15 is 0 Å². The summed E-state index contributed by atoms with van der Waals surface area (Å²) in [5.74, 6) is 2.62. The zero-order valence-corrected chi connectivity index (χ0v) is 20.7. The maximum absolute atomic E-state index is 12.9. The highest BCUT2D eigenvalue weighted by Crippen LogP contribution is 2.66. The number of carbonyl (C=O) groups excluding carboxylic acids is 1. The Labute approximate surface area is 201 Å². The van der Waals surface area contributed by atoms with Gasteiger partial charge in [-0.25, -0.2) is 0 Å². The molecule has 3 saturated carbocycles. The van der Waals surface area contributed by atoms with Crippen molar-refractivity contribution in [1.29, 1.82) is 0 Å². The third-order valence-corrected chi connectivity index (χ3v) is 9.70. The molecule has 7 heteroatoms. The summed E-state index contributed by atoms with van der Waals surface area (Å²) in [5, 5.41) is 10.1. The molecule has 0 amide bonds. The van der Waals surface area contributed by atoms with Gasteiger partial charge in [0.15, 0.2) is 0 Å². The van der Waals surface area contributed by atoms with Crippen LogP contribution < -0.4 is 0 Å². The average Bonchev–Trinajstić information content (AvgIpc) is 3.36. The highest BCUT2D eigenvalue weighted by atomic mass is 32.2. The molecule has 0 spiro atoms. The Balaban J connectivity index is 1.34. The van der Waals surface area contributed by atoms with E-state index in [2.05, 4.69) is 26.8 Å². The molecule has 1 N–H and O–H groups in total. The first-order valence-corrected chi connectivity index (χ1v) is 13.5. The average molecular weight is 470 g/mol. The quantitative estimate of drug-likeness (QED) is 0.383. The first-order valence-electron chi connectivity index (χ1n) is 12.3. The van der Waals surface area contributed by atoms with Crippen molar-refractivity contribution in [2.24, 2.45) is 17.3 Å². The third kappa shape index (κ3) is 4.20. The zero-order chi connectivity index (χ0) is 23.2. The summed E-state index contributed by atoms with van der Waals surface area (Å²) in [7, 11) is -0.379. The van der Waals surface area contributed by atoms with Crippen LogP contribution in [0.1, 0.15) is 52.0 Å².